The van der Waals surface area contributed by atoms with Gasteiger partial charge in [0, 0.05) is 4.90 Å². The zero-order chi connectivity index (χ0) is 8.10. The highest BCUT2D eigenvalue weighted by Gasteiger charge is 2.00. The Morgan fingerprint density at radius 1 is 1.27 bits per heavy atom. The van der Waals surface area contributed by atoms with E-state index in [1.54, 1.807) is 0 Å². The molecule has 0 heterocycles. The summed E-state index contributed by atoms with van der Waals surface area (Å²) in [4.78, 5) is 0.899. The van der Waals surface area contributed by atoms with Crippen LogP contribution in [0, 0.1) is 0 Å². The zero-order valence-corrected chi connectivity index (χ0v) is 7.14. The van der Waals surface area contributed by atoms with Gasteiger partial charge in [-0.3, -0.25) is 4.21 Å². The number of benzene rings is 1. The highest BCUT2D eigenvalue weighted by atomic mass is 32.2. The third-order valence-electron chi connectivity index (χ3n) is 1.34. The molecule has 0 spiro atoms. The highest BCUT2D eigenvalue weighted by molar-refractivity contribution is 7.85. The van der Waals surface area contributed by atoms with Crippen LogP contribution >= 0.6 is 0 Å². The molecule has 1 unspecified atom stereocenters. The van der Waals surface area contributed by atoms with Crippen molar-refractivity contribution in [2.24, 2.45) is 0 Å². The van der Waals surface area contributed by atoms with Crippen LogP contribution in [0.5, 0.6) is 0 Å². The Balaban J connectivity index is 2.69. The topological polar surface area (TPSA) is 44.7 Å². The molecule has 0 saturated carbocycles. The molecule has 0 aromatic heterocycles. The number of hydrogen-bond donors (Lipinski definition) is 1. The van der Waals surface area contributed by atoms with Crippen LogP contribution in [0.25, 0.3) is 0 Å². The molecule has 1 atom stereocenters. The number of rotatable bonds is 3. The predicted molar refractivity (Wildman–Crippen MR) is 45.5 cm³/mol. The summed E-state index contributed by atoms with van der Waals surface area (Å²) in [5, 5.41) is 0. The first-order valence-electron chi connectivity index (χ1n) is 3.57. The summed E-state index contributed by atoms with van der Waals surface area (Å²) >= 11 is 0. The third kappa shape index (κ3) is 2.44. The normalized spacial score (nSPS) is 12.8. The van der Waals surface area contributed by atoms with E-state index in [-0.39, 0.29) is 0 Å². The minimum absolute atomic E-state index is 0.657. The van der Waals surface area contributed by atoms with E-state index in [1.165, 1.54) is 0 Å². The molecule has 0 amide bonds. The van der Waals surface area contributed by atoms with Crippen molar-refractivity contribution in [3.63, 3.8) is 0 Å². The summed E-state index contributed by atoms with van der Waals surface area (Å²) in [6.45, 7) is 0.724. The lowest BCUT2D eigenvalue weighted by atomic mass is 10.4. The Morgan fingerprint density at radius 3 is 2.45 bits per heavy atom. The van der Waals surface area contributed by atoms with Gasteiger partial charge in [-0.15, -0.1) is 0 Å². The smallest absolute Gasteiger partial charge is 0.0860 e. The lowest BCUT2D eigenvalue weighted by Gasteiger charge is -1.96. The fourth-order valence-electron chi connectivity index (χ4n) is 0.821. The molecule has 0 aliphatic carbocycles. The van der Waals surface area contributed by atoms with Crippen molar-refractivity contribution in [2.75, 3.05) is 12.3 Å². The van der Waals surface area contributed by atoms with Crippen LogP contribution < -0.4 is 5.73 Å². The molecule has 0 bridgehead atoms. The Morgan fingerprint density at radius 2 is 1.91 bits per heavy atom. The van der Waals surface area contributed by atoms with Crippen molar-refractivity contribution >= 4 is 10.8 Å². The summed E-state index contributed by atoms with van der Waals surface area (Å²) < 4.78 is 11.3. The van der Waals surface area contributed by atoms with Crippen LogP contribution in [0.3, 0.4) is 0 Å². The molecule has 0 radical (unpaired) electrons. The van der Waals surface area contributed by atoms with Gasteiger partial charge in [-0.2, -0.15) is 0 Å². The van der Waals surface area contributed by atoms with E-state index in [1.807, 2.05) is 30.3 Å². The van der Waals surface area contributed by atoms with Crippen LogP contribution in [-0.2, 0) is 10.8 Å². The van der Waals surface area contributed by atoms with E-state index in [9.17, 15) is 4.21 Å². The van der Waals surface area contributed by atoms with Crippen molar-refractivity contribution in [1.82, 2.24) is 0 Å². The van der Waals surface area contributed by atoms with Crippen molar-refractivity contribution in [3.05, 3.63) is 30.3 Å². The predicted octanol–water partition coefficient (Wildman–Crippen LogP) is 0.0361. The maximum absolute atomic E-state index is 11.3. The van der Waals surface area contributed by atoms with Gasteiger partial charge in [-0.1, -0.05) is 18.2 Å². The molecular weight excluding hydrogens is 158 g/mol. The molecule has 1 aromatic rings. The van der Waals surface area contributed by atoms with Crippen molar-refractivity contribution in [3.8, 4) is 0 Å². The van der Waals surface area contributed by atoms with E-state index in [4.69, 9.17) is 0 Å². The molecule has 0 saturated heterocycles. The fourth-order valence-corrected chi connectivity index (χ4v) is 1.78. The second-order valence-electron chi connectivity index (χ2n) is 2.22. The summed E-state index contributed by atoms with van der Waals surface area (Å²) in [7, 11) is -0.846. The summed E-state index contributed by atoms with van der Waals surface area (Å²) in [6, 6.07) is 9.48. The van der Waals surface area contributed by atoms with Crippen molar-refractivity contribution < 1.29 is 9.94 Å². The van der Waals surface area contributed by atoms with Gasteiger partial charge in [0.1, 0.15) is 0 Å². The van der Waals surface area contributed by atoms with E-state index < -0.39 is 10.8 Å². The van der Waals surface area contributed by atoms with Gasteiger partial charge < -0.3 is 5.73 Å². The largest absolute Gasteiger partial charge is 0.357 e. The lowest BCUT2D eigenvalue weighted by molar-refractivity contribution is -0.360. The Hall–Kier alpha value is -0.670. The summed E-state index contributed by atoms with van der Waals surface area (Å²) in [6.07, 6.45) is 0. The van der Waals surface area contributed by atoms with E-state index >= 15 is 0 Å². The van der Waals surface area contributed by atoms with Crippen molar-refractivity contribution in [2.45, 2.75) is 4.90 Å². The van der Waals surface area contributed by atoms with Gasteiger partial charge in [-0.25, -0.2) is 0 Å². The molecule has 1 aromatic carbocycles. The average molecular weight is 170 g/mol. The molecular formula is C8H12NOS+. The molecule has 1 rings (SSSR count). The number of hydrogen-bond acceptors (Lipinski definition) is 1. The number of quaternary nitrogens is 1. The molecule has 11 heavy (non-hydrogen) atoms. The van der Waals surface area contributed by atoms with Crippen LogP contribution in [0.4, 0.5) is 0 Å². The maximum atomic E-state index is 11.3. The first kappa shape index (κ1) is 8.43. The minimum Gasteiger partial charge on any atom is -0.357 e. The molecule has 60 valence electrons. The third-order valence-corrected chi connectivity index (χ3v) is 2.79. The van der Waals surface area contributed by atoms with Crippen LogP contribution in [-0.4, -0.2) is 16.5 Å². The molecule has 3 N–H and O–H groups in total. The first-order chi connectivity index (χ1) is 5.34. The molecule has 0 aliphatic rings. The maximum Gasteiger partial charge on any atom is 0.0860 e. The summed E-state index contributed by atoms with van der Waals surface area (Å²) in [5.74, 6) is 0.657. The van der Waals surface area contributed by atoms with Gasteiger partial charge in [-0.05, 0) is 12.1 Å². The van der Waals surface area contributed by atoms with E-state index in [2.05, 4.69) is 5.73 Å². The van der Waals surface area contributed by atoms with Gasteiger partial charge in [0.15, 0.2) is 0 Å². The van der Waals surface area contributed by atoms with E-state index in [0.29, 0.717) is 5.75 Å². The lowest BCUT2D eigenvalue weighted by Crippen LogP contribution is -2.52. The van der Waals surface area contributed by atoms with Gasteiger partial charge in [0.25, 0.3) is 0 Å². The SMILES string of the molecule is [NH3+]CCS(=O)c1ccccc1. The molecule has 2 nitrogen and oxygen atoms in total. The standard InChI is InChI=1S/C8H11NOS/c9-6-7-11(10)8-4-2-1-3-5-8/h1-5H,6-7,9H2/p+1. The van der Waals surface area contributed by atoms with E-state index in [0.717, 1.165) is 11.4 Å². The molecule has 3 heteroatoms. The minimum atomic E-state index is -0.846. The Bertz CT molecular complexity index is 235. The van der Waals surface area contributed by atoms with Gasteiger partial charge in [0.2, 0.25) is 0 Å². The van der Waals surface area contributed by atoms with Crippen LogP contribution in [0.1, 0.15) is 0 Å². The molecule has 0 fully saturated rings. The van der Waals surface area contributed by atoms with Gasteiger partial charge >= 0.3 is 0 Å². The highest BCUT2D eigenvalue weighted by Crippen LogP contribution is 2.03. The second kappa shape index (κ2) is 4.26. The second-order valence-corrected chi connectivity index (χ2v) is 3.79. The van der Waals surface area contributed by atoms with Crippen LogP contribution in [0.2, 0.25) is 0 Å². The zero-order valence-electron chi connectivity index (χ0n) is 6.32. The Kier molecular flexibility index (Phi) is 3.26. The monoisotopic (exact) mass is 170 g/mol. The average Bonchev–Trinajstić information content (AvgIpc) is 2.07. The molecule has 0 aliphatic heterocycles. The quantitative estimate of drug-likeness (QED) is 0.683. The summed E-state index contributed by atoms with van der Waals surface area (Å²) in [5.41, 5.74) is 3.66. The first-order valence-corrected chi connectivity index (χ1v) is 4.89. The van der Waals surface area contributed by atoms with Gasteiger partial charge in [0.05, 0.1) is 23.1 Å². The van der Waals surface area contributed by atoms with Crippen molar-refractivity contribution in [1.29, 1.82) is 0 Å². The Labute approximate surface area is 68.9 Å². The van der Waals surface area contributed by atoms with Crippen LogP contribution in [0.15, 0.2) is 35.2 Å². The fraction of sp³-hybridized carbons (Fsp3) is 0.250.